The van der Waals surface area contributed by atoms with Crippen LogP contribution in [0.2, 0.25) is 0 Å². The second-order valence-corrected chi connectivity index (χ2v) is 16.3. The largest absolute Gasteiger partial charge is 0.436 e. The molecule has 0 spiro atoms. The van der Waals surface area contributed by atoms with Crippen molar-refractivity contribution in [3.05, 3.63) is 199 Å². The van der Waals surface area contributed by atoms with E-state index < -0.39 is 0 Å². The minimum atomic E-state index is -0.184. The predicted octanol–water partition coefficient (Wildman–Crippen LogP) is 13.8. The van der Waals surface area contributed by atoms with Gasteiger partial charge in [-0.25, -0.2) is 19.9 Å². The molecule has 288 valence electrons. The molecule has 0 amide bonds. The fraction of sp³-hybridized carbons (Fsp3) is 0.0545. The van der Waals surface area contributed by atoms with Crippen LogP contribution in [-0.4, -0.2) is 24.5 Å². The van der Waals surface area contributed by atoms with E-state index in [1.807, 2.05) is 91.0 Å². The molecule has 3 heterocycles. The average molecular weight is 784 g/mol. The molecule has 1 aliphatic rings. The van der Waals surface area contributed by atoms with Gasteiger partial charge in [0, 0.05) is 44.1 Å². The minimum absolute atomic E-state index is 0.184. The molecule has 0 atom stereocenters. The molecule has 0 fully saturated rings. The third-order valence-electron chi connectivity index (χ3n) is 12.3. The van der Waals surface area contributed by atoms with Crippen molar-refractivity contribution in [3.63, 3.8) is 0 Å². The highest BCUT2D eigenvalue weighted by Gasteiger charge is 2.36. The fourth-order valence-corrected chi connectivity index (χ4v) is 9.21. The van der Waals surface area contributed by atoms with Gasteiger partial charge >= 0.3 is 0 Å². The summed E-state index contributed by atoms with van der Waals surface area (Å²) in [6.07, 6.45) is 0. The maximum absolute atomic E-state index is 6.32. The number of hydrogen-bond acceptors (Lipinski definition) is 5. The Bertz CT molecular complexity index is 3440. The number of benzene rings is 8. The highest BCUT2D eigenvalue weighted by Crippen LogP contribution is 2.51. The highest BCUT2D eigenvalue weighted by molar-refractivity contribution is 6.10. The Balaban J connectivity index is 0.959. The summed E-state index contributed by atoms with van der Waals surface area (Å²) in [5.41, 5.74) is 15.9. The van der Waals surface area contributed by atoms with Crippen molar-refractivity contribution >= 4 is 32.9 Å². The van der Waals surface area contributed by atoms with E-state index in [2.05, 4.69) is 115 Å². The number of aromatic nitrogens is 5. The molecule has 0 radical (unpaired) electrons. The molecule has 0 N–H and O–H groups in total. The number of hydrogen-bond donors (Lipinski definition) is 0. The second-order valence-electron chi connectivity index (χ2n) is 16.3. The lowest BCUT2D eigenvalue weighted by molar-refractivity contribution is 0.614. The van der Waals surface area contributed by atoms with Crippen LogP contribution in [-0.2, 0) is 5.41 Å². The van der Waals surface area contributed by atoms with Gasteiger partial charge in [0.2, 0.25) is 5.89 Å². The topological polar surface area (TPSA) is 69.6 Å². The third-order valence-corrected chi connectivity index (χ3v) is 12.3. The van der Waals surface area contributed by atoms with Crippen LogP contribution in [0.1, 0.15) is 25.0 Å². The Kier molecular flexibility index (Phi) is 7.78. The molecule has 3 aromatic heterocycles. The minimum Gasteiger partial charge on any atom is -0.436 e. The van der Waals surface area contributed by atoms with Crippen LogP contribution in [0.25, 0.3) is 106 Å². The predicted molar refractivity (Wildman–Crippen MR) is 246 cm³/mol. The monoisotopic (exact) mass is 783 g/mol. The third kappa shape index (κ3) is 5.71. The molecule has 0 unspecified atom stereocenters. The van der Waals surface area contributed by atoms with Crippen molar-refractivity contribution in [2.75, 3.05) is 0 Å². The van der Waals surface area contributed by atoms with Gasteiger partial charge in [-0.1, -0.05) is 141 Å². The molecular weight excluding hydrogens is 747 g/mol. The van der Waals surface area contributed by atoms with Crippen LogP contribution in [0.15, 0.2) is 192 Å². The molecule has 6 heteroatoms. The van der Waals surface area contributed by atoms with Gasteiger partial charge in [0.15, 0.2) is 23.1 Å². The highest BCUT2D eigenvalue weighted by atomic mass is 16.3. The lowest BCUT2D eigenvalue weighted by atomic mass is 9.82. The molecule has 11 aromatic rings. The number of fused-ring (bicyclic) bond motifs is 7. The second kappa shape index (κ2) is 13.5. The Morgan fingerprint density at radius 2 is 0.984 bits per heavy atom. The Morgan fingerprint density at radius 3 is 1.70 bits per heavy atom. The summed E-state index contributed by atoms with van der Waals surface area (Å²) in [6.45, 7) is 4.61. The fourth-order valence-electron chi connectivity index (χ4n) is 9.21. The van der Waals surface area contributed by atoms with Gasteiger partial charge in [-0.15, -0.1) is 0 Å². The molecule has 0 saturated heterocycles. The number of rotatable bonds is 6. The van der Waals surface area contributed by atoms with Crippen LogP contribution in [0.3, 0.4) is 0 Å². The summed E-state index contributed by atoms with van der Waals surface area (Å²) >= 11 is 0. The normalized spacial score (nSPS) is 12.9. The first kappa shape index (κ1) is 35.0. The molecule has 0 bridgehead atoms. The lowest BCUT2D eigenvalue weighted by Gasteiger charge is -2.21. The quantitative estimate of drug-likeness (QED) is 0.168. The van der Waals surface area contributed by atoms with E-state index >= 15 is 0 Å². The Labute approximate surface area is 352 Å². The van der Waals surface area contributed by atoms with E-state index in [1.54, 1.807) is 0 Å². The van der Waals surface area contributed by atoms with E-state index in [4.69, 9.17) is 24.4 Å². The van der Waals surface area contributed by atoms with Crippen LogP contribution in [0, 0.1) is 0 Å². The first-order chi connectivity index (χ1) is 30.0. The molecule has 0 aliphatic heterocycles. The summed E-state index contributed by atoms with van der Waals surface area (Å²) < 4.78 is 8.68. The maximum atomic E-state index is 6.32. The standard InChI is InChI=1S/C55H37N5O/c1-55(2)45-27-25-37(30-42(45)43-32-47-50(33-46(43)55)61-54(56-47)36-19-10-5-11-20-36)38-26-28-49-44(31-38)41-23-12-13-24-48(41)60(49)40-22-14-21-39(29-40)53-58-51(34-15-6-3-7-16-34)57-52(59-53)35-17-8-4-9-18-35/h3-33H,1-2H3. The van der Waals surface area contributed by atoms with Gasteiger partial charge in [0.1, 0.15) is 5.52 Å². The maximum Gasteiger partial charge on any atom is 0.227 e. The molecule has 12 rings (SSSR count). The first-order valence-electron chi connectivity index (χ1n) is 20.6. The number of nitrogens with zero attached hydrogens (tertiary/aromatic N) is 5. The van der Waals surface area contributed by atoms with Crippen molar-refractivity contribution in [2.24, 2.45) is 0 Å². The lowest BCUT2D eigenvalue weighted by Crippen LogP contribution is -2.14. The summed E-state index contributed by atoms with van der Waals surface area (Å²) in [4.78, 5) is 19.9. The summed E-state index contributed by atoms with van der Waals surface area (Å²) in [6, 6.07) is 65.7. The van der Waals surface area contributed by atoms with Gasteiger partial charge < -0.3 is 8.98 Å². The van der Waals surface area contributed by atoms with E-state index in [9.17, 15) is 0 Å². The van der Waals surface area contributed by atoms with Crippen LogP contribution < -0.4 is 0 Å². The van der Waals surface area contributed by atoms with E-state index in [1.165, 1.54) is 44.2 Å². The number of para-hydroxylation sites is 1. The zero-order valence-corrected chi connectivity index (χ0v) is 33.5. The van der Waals surface area contributed by atoms with Crippen molar-refractivity contribution in [1.29, 1.82) is 0 Å². The van der Waals surface area contributed by atoms with Crippen LogP contribution >= 0.6 is 0 Å². The van der Waals surface area contributed by atoms with Gasteiger partial charge in [-0.05, 0) is 94.0 Å². The van der Waals surface area contributed by atoms with Crippen LogP contribution in [0.5, 0.6) is 0 Å². The molecule has 0 saturated carbocycles. The van der Waals surface area contributed by atoms with Gasteiger partial charge in [-0.2, -0.15) is 0 Å². The van der Waals surface area contributed by atoms with Crippen LogP contribution in [0.4, 0.5) is 0 Å². The first-order valence-corrected chi connectivity index (χ1v) is 20.6. The molecule has 1 aliphatic carbocycles. The SMILES string of the molecule is CC1(C)c2ccc(-c3ccc4c(c3)c3ccccc3n4-c3cccc(-c4nc(-c5ccccc5)nc(-c5ccccc5)n4)c3)cc2-c2cc3nc(-c4ccccc4)oc3cc21. The smallest absolute Gasteiger partial charge is 0.227 e. The van der Waals surface area contributed by atoms with Crippen molar-refractivity contribution in [3.8, 4) is 73.6 Å². The van der Waals surface area contributed by atoms with E-state index in [0.717, 1.165) is 50.1 Å². The van der Waals surface area contributed by atoms with Crippen molar-refractivity contribution in [2.45, 2.75) is 19.3 Å². The molecular formula is C55H37N5O. The van der Waals surface area contributed by atoms with Crippen molar-refractivity contribution in [1.82, 2.24) is 24.5 Å². The van der Waals surface area contributed by atoms with Gasteiger partial charge in [-0.3, -0.25) is 0 Å². The number of oxazole rings is 1. The zero-order valence-electron chi connectivity index (χ0n) is 33.5. The van der Waals surface area contributed by atoms with Crippen molar-refractivity contribution < 1.29 is 4.42 Å². The zero-order chi connectivity index (χ0) is 40.7. The van der Waals surface area contributed by atoms with Gasteiger partial charge in [0.05, 0.1) is 11.0 Å². The van der Waals surface area contributed by atoms with E-state index in [-0.39, 0.29) is 5.41 Å². The average Bonchev–Trinajstić information content (AvgIpc) is 3.96. The Hall–Kier alpha value is -7.96. The Morgan fingerprint density at radius 1 is 0.410 bits per heavy atom. The molecule has 6 nitrogen and oxygen atoms in total. The summed E-state index contributed by atoms with van der Waals surface area (Å²) in [5.74, 6) is 2.55. The molecule has 8 aromatic carbocycles. The van der Waals surface area contributed by atoms with E-state index in [0.29, 0.717) is 23.4 Å². The molecule has 61 heavy (non-hydrogen) atoms. The summed E-state index contributed by atoms with van der Waals surface area (Å²) in [7, 11) is 0. The summed E-state index contributed by atoms with van der Waals surface area (Å²) in [5, 5.41) is 2.38. The van der Waals surface area contributed by atoms with Gasteiger partial charge in [0.25, 0.3) is 0 Å².